The molecule has 6 nitrogen and oxygen atoms in total. The van der Waals surface area contributed by atoms with Crippen molar-refractivity contribution in [3.05, 3.63) is 12.7 Å². The van der Waals surface area contributed by atoms with E-state index in [1.54, 1.807) is 13.4 Å². The van der Waals surface area contributed by atoms with Gasteiger partial charge in [0.15, 0.2) is 11.5 Å². The van der Waals surface area contributed by atoms with Crippen LogP contribution in [0.1, 0.15) is 39.2 Å². The van der Waals surface area contributed by atoms with Gasteiger partial charge in [0.1, 0.15) is 11.8 Å². The van der Waals surface area contributed by atoms with Crippen molar-refractivity contribution in [2.75, 3.05) is 12.4 Å². The van der Waals surface area contributed by atoms with E-state index in [4.69, 9.17) is 4.74 Å². The topological polar surface area (TPSA) is 64.9 Å². The summed E-state index contributed by atoms with van der Waals surface area (Å²) in [5, 5.41) is 3.54. The van der Waals surface area contributed by atoms with Gasteiger partial charge in [0.2, 0.25) is 0 Å². The third-order valence-corrected chi connectivity index (χ3v) is 5.07. The molecule has 0 bridgehead atoms. The van der Waals surface area contributed by atoms with Crippen LogP contribution in [0.4, 0.5) is 5.82 Å². The van der Waals surface area contributed by atoms with Crippen molar-refractivity contribution in [3.63, 3.8) is 0 Å². The van der Waals surface area contributed by atoms with Gasteiger partial charge in [0.25, 0.3) is 0 Å². The predicted molar refractivity (Wildman–Crippen MR) is 80.2 cm³/mol. The summed E-state index contributed by atoms with van der Waals surface area (Å²) in [4.78, 5) is 13.3. The predicted octanol–water partition coefficient (Wildman–Crippen LogP) is 2.39. The summed E-state index contributed by atoms with van der Waals surface area (Å²) in [5.74, 6) is 0.840. The number of aromatic nitrogens is 4. The molecule has 4 rings (SSSR count). The first kappa shape index (κ1) is 13.0. The van der Waals surface area contributed by atoms with Crippen LogP contribution in [0.5, 0.6) is 0 Å². The molecule has 0 saturated heterocycles. The van der Waals surface area contributed by atoms with E-state index >= 15 is 0 Å². The fraction of sp³-hybridized carbons (Fsp3) is 0.667. The average Bonchev–Trinajstić information content (AvgIpc) is 3.22. The highest BCUT2D eigenvalue weighted by molar-refractivity contribution is 5.83. The molecule has 0 spiro atoms. The van der Waals surface area contributed by atoms with Gasteiger partial charge in [-0.3, -0.25) is 0 Å². The number of nitrogens with zero attached hydrogens (tertiary/aromatic N) is 4. The van der Waals surface area contributed by atoms with Gasteiger partial charge < -0.3 is 14.6 Å². The second-order valence-corrected chi connectivity index (χ2v) is 6.76. The smallest absolute Gasteiger partial charge is 0.165 e. The van der Waals surface area contributed by atoms with E-state index in [2.05, 4.69) is 38.7 Å². The molecule has 1 N–H and O–H groups in total. The number of fused-ring (bicyclic) bond motifs is 1. The van der Waals surface area contributed by atoms with Crippen molar-refractivity contribution < 1.29 is 4.74 Å². The molecule has 2 heterocycles. The van der Waals surface area contributed by atoms with Gasteiger partial charge in [-0.05, 0) is 19.3 Å². The van der Waals surface area contributed by atoms with Gasteiger partial charge in [-0.25, -0.2) is 15.0 Å². The second kappa shape index (κ2) is 4.40. The molecule has 2 aromatic rings. The van der Waals surface area contributed by atoms with E-state index in [-0.39, 0.29) is 5.41 Å². The van der Waals surface area contributed by atoms with Crippen LogP contribution in [0, 0.1) is 5.41 Å². The fourth-order valence-corrected chi connectivity index (χ4v) is 3.27. The van der Waals surface area contributed by atoms with Gasteiger partial charge in [-0.15, -0.1) is 0 Å². The number of ether oxygens (including phenoxy) is 1. The van der Waals surface area contributed by atoms with Crippen LogP contribution in [-0.4, -0.2) is 38.8 Å². The van der Waals surface area contributed by atoms with Crippen molar-refractivity contribution >= 4 is 17.0 Å². The Morgan fingerprint density at radius 1 is 1.29 bits per heavy atom. The lowest BCUT2D eigenvalue weighted by molar-refractivity contribution is -0.0795. The molecule has 6 heteroatoms. The van der Waals surface area contributed by atoms with Gasteiger partial charge >= 0.3 is 0 Å². The van der Waals surface area contributed by atoms with Crippen molar-refractivity contribution in [2.45, 2.75) is 51.3 Å². The Bertz CT molecular complexity index is 676. The summed E-state index contributed by atoms with van der Waals surface area (Å²) in [6.07, 6.45) is 7.28. The third kappa shape index (κ3) is 1.92. The lowest BCUT2D eigenvalue weighted by Crippen LogP contribution is -2.57. The SMILES string of the molecule is COC1CC(Nc2ncnc3c2ncn3C2CC2)C1(C)C. The molecule has 21 heavy (non-hydrogen) atoms. The Hall–Kier alpha value is -1.69. The number of nitrogens with one attached hydrogen (secondary N) is 1. The zero-order chi connectivity index (χ0) is 14.6. The summed E-state index contributed by atoms with van der Waals surface area (Å²) in [6, 6.07) is 0.933. The summed E-state index contributed by atoms with van der Waals surface area (Å²) < 4.78 is 7.68. The molecule has 2 aliphatic rings. The molecule has 0 aromatic carbocycles. The van der Waals surface area contributed by atoms with E-state index in [0.717, 1.165) is 23.4 Å². The Balaban J connectivity index is 1.63. The van der Waals surface area contributed by atoms with Crippen LogP contribution in [0.2, 0.25) is 0 Å². The van der Waals surface area contributed by atoms with Gasteiger partial charge in [-0.1, -0.05) is 13.8 Å². The van der Waals surface area contributed by atoms with Crippen molar-refractivity contribution in [1.82, 2.24) is 19.5 Å². The number of hydrogen-bond donors (Lipinski definition) is 1. The van der Waals surface area contributed by atoms with Crippen LogP contribution in [0.3, 0.4) is 0 Å². The standard InChI is InChI=1S/C15H21N5O/c1-15(2)10(6-11(15)21-3)19-13-12-14(17-7-16-13)20(8-18-12)9-4-5-9/h7-11H,4-6H2,1-3H3,(H,16,17,19). The Labute approximate surface area is 123 Å². The lowest BCUT2D eigenvalue weighted by Gasteiger charge is -2.51. The first-order valence-corrected chi connectivity index (χ1v) is 7.58. The molecule has 2 saturated carbocycles. The Kier molecular flexibility index (Phi) is 2.73. The van der Waals surface area contributed by atoms with E-state index in [9.17, 15) is 0 Å². The maximum absolute atomic E-state index is 5.51. The minimum absolute atomic E-state index is 0.102. The minimum Gasteiger partial charge on any atom is -0.381 e. The molecule has 2 aromatic heterocycles. The normalized spacial score (nSPS) is 27.6. The van der Waals surface area contributed by atoms with E-state index in [0.29, 0.717) is 18.2 Å². The minimum atomic E-state index is 0.102. The summed E-state index contributed by atoms with van der Waals surface area (Å²) in [6.45, 7) is 4.45. The van der Waals surface area contributed by atoms with Crippen molar-refractivity contribution in [1.29, 1.82) is 0 Å². The number of methoxy groups -OCH3 is 1. The average molecular weight is 287 g/mol. The van der Waals surface area contributed by atoms with Gasteiger partial charge in [0.05, 0.1) is 12.4 Å². The van der Waals surface area contributed by atoms with Crippen LogP contribution < -0.4 is 5.32 Å². The zero-order valence-corrected chi connectivity index (χ0v) is 12.7. The molecule has 2 atom stereocenters. The first-order chi connectivity index (χ1) is 10.1. The van der Waals surface area contributed by atoms with Crippen LogP contribution in [-0.2, 0) is 4.74 Å². The number of hydrogen-bond acceptors (Lipinski definition) is 5. The van der Waals surface area contributed by atoms with E-state index in [1.165, 1.54) is 12.8 Å². The van der Waals surface area contributed by atoms with Gasteiger partial charge in [0, 0.05) is 24.6 Å². The molecule has 0 amide bonds. The number of anilines is 1. The lowest BCUT2D eigenvalue weighted by atomic mass is 9.64. The third-order valence-electron chi connectivity index (χ3n) is 5.07. The molecule has 2 unspecified atom stereocenters. The van der Waals surface area contributed by atoms with Gasteiger partial charge in [-0.2, -0.15) is 0 Å². The van der Waals surface area contributed by atoms with Crippen molar-refractivity contribution in [2.24, 2.45) is 5.41 Å². The van der Waals surface area contributed by atoms with Crippen LogP contribution >= 0.6 is 0 Å². The highest BCUT2D eigenvalue weighted by Gasteiger charge is 2.48. The first-order valence-electron chi connectivity index (χ1n) is 7.58. The van der Waals surface area contributed by atoms with Crippen molar-refractivity contribution in [3.8, 4) is 0 Å². The number of rotatable bonds is 4. The maximum Gasteiger partial charge on any atom is 0.165 e. The zero-order valence-electron chi connectivity index (χ0n) is 12.7. The largest absolute Gasteiger partial charge is 0.381 e. The summed E-state index contributed by atoms with van der Waals surface area (Å²) in [5.41, 5.74) is 1.92. The van der Waals surface area contributed by atoms with Crippen LogP contribution in [0.15, 0.2) is 12.7 Å². The highest BCUT2D eigenvalue weighted by atomic mass is 16.5. The van der Waals surface area contributed by atoms with Crippen LogP contribution in [0.25, 0.3) is 11.2 Å². The molecular weight excluding hydrogens is 266 g/mol. The molecule has 0 aliphatic heterocycles. The fourth-order valence-electron chi connectivity index (χ4n) is 3.27. The Morgan fingerprint density at radius 2 is 2.10 bits per heavy atom. The number of imidazole rings is 1. The second-order valence-electron chi connectivity index (χ2n) is 6.76. The van der Waals surface area contributed by atoms with E-state index < -0.39 is 0 Å². The quantitative estimate of drug-likeness (QED) is 0.935. The maximum atomic E-state index is 5.51. The monoisotopic (exact) mass is 287 g/mol. The summed E-state index contributed by atoms with van der Waals surface area (Å²) in [7, 11) is 1.78. The Morgan fingerprint density at radius 3 is 2.76 bits per heavy atom. The molecule has 2 fully saturated rings. The molecule has 0 radical (unpaired) electrons. The summed E-state index contributed by atoms with van der Waals surface area (Å²) >= 11 is 0. The molecular formula is C15H21N5O. The molecule has 112 valence electrons. The molecule has 2 aliphatic carbocycles. The van der Waals surface area contributed by atoms with E-state index in [1.807, 2.05) is 6.33 Å². The highest BCUT2D eigenvalue weighted by Crippen LogP contribution is 2.44.